The molecule has 1 heterocycles. The third-order valence-electron chi connectivity index (χ3n) is 2.91. The lowest BCUT2D eigenvalue weighted by Gasteiger charge is -2.08. The van der Waals surface area contributed by atoms with Crippen molar-refractivity contribution < 1.29 is 9.90 Å². The third-order valence-corrected chi connectivity index (χ3v) is 2.91. The lowest BCUT2D eigenvalue weighted by molar-refractivity contribution is -0.137. The Kier molecular flexibility index (Phi) is 4.77. The van der Waals surface area contributed by atoms with Gasteiger partial charge in [-0.25, -0.2) is 0 Å². The zero-order chi connectivity index (χ0) is 10.7. The maximum atomic E-state index is 10.6. The Bertz CT molecular complexity index is 342. The van der Waals surface area contributed by atoms with Crippen LogP contribution in [0.4, 0.5) is 0 Å². The molecule has 2 rings (SSSR count). The number of carboxylic acids is 1. The number of hydrogen-bond acceptors (Lipinski definition) is 2. The average molecular weight is 242 g/mol. The van der Waals surface area contributed by atoms with Gasteiger partial charge in [-0.3, -0.25) is 4.79 Å². The molecule has 1 aromatic carbocycles. The molecule has 16 heavy (non-hydrogen) atoms. The van der Waals surface area contributed by atoms with Crippen LogP contribution < -0.4 is 5.32 Å². The van der Waals surface area contributed by atoms with Crippen molar-refractivity contribution >= 4 is 18.4 Å². The van der Waals surface area contributed by atoms with Crippen molar-refractivity contribution in [1.29, 1.82) is 0 Å². The number of halogens is 1. The molecule has 0 aliphatic carbocycles. The van der Waals surface area contributed by atoms with E-state index in [1.807, 2.05) is 18.2 Å². The van der Waals surface area contributed by atoms with Crippen LogP contribution in [0.1, 0.15) is 24.3 Å². The van der Waals surface area contributed by atoms with Gasteiger partial charge < -0.3 is 10.4 Å². The Hall–Kier alpha value is -1.06. The fourth-order valence-electron chi connectivity index (χ4n) is 2.16. The smallest absolute Gasteiger partial charge is 0.304 e. The molecule has 0 spiro atoms. The fraction of sp³-hybridized carbons (Fsp3) is 0.417. The van der Waals surface area contributed by atoms with Gasteiger partial charge in [0.15, 0.2) is 0 Å². The van der Waals surface area contributed by atoms with Crippen LogP contribution in [0.3, 0.4) is 0 Å². The number of aliphatic carboxylic acids is 1. The normalized spacial score (nSPS) is 23.8. The predicted molar refractivity (Wildman–Crippen MR) is 65.1 cm³/mol. The Morgan fingerprint density at radius 1 is 1.38 bits per heavy atom. The van der Waals surface area contributed by atoms with E-state index in [4.69, 9.17) is 5.11 Å². The van der Waals surface area contributed by atoms with Crippen LogP contribution in [0.5, 0.6) is 0 Å². The molecular weight excluding hydrogens is 226 g/mol. The highest BCUT2D eigenvalue weighted by molar-refractivity contribution is 5.85. The first-order valence-corrected chi connectivity index (χ1v) is 5.26. The molecular formula is C12H16ClNO2. The van der Waals surface area contributed by atoms with Gasteiger partial charge in [-0.1, -0.05) is 30.3 Å². The molecule has 1 aliphatic heterocycles. The number of carboxylic acid groups (broad SMARTS) is 1. The summed E-state index contributed by atoms with van der Waals surface area (Å²) >= 11 is 0. The molecule has 0 amide bonds. The first-order chi connectivity index (χ1) is 7.25. The fourth-order valence-corrected chi connectivity index (χ4v) is 2.16. The summed E-state index contributed by atoms with van der Waals surface area (Å²) in [4.78, 5) is 10.6. The minimum atomic E-state index is -0.721. The first-order valence-electron chi connectivity index (χ1n) is 5.26. The van der Waals surface area contributed by atoms with E-state index in [-0.39, 0.29) is 24.9 Å². The lowest BCUT2D eigenvalue weighted by Crippen LogP contribution is -2.24. The molecule has 1 saturated heterocycles. The van der Waals surface area contributed by atoms with Gasteiger partial charge in [0.25, 0.3) is 0 Å². The number of rotatable bonds is 3. The lowest BCUT2D eigenvalue weighted by atomic mass is 9.96. The van der Waals surface area contributed by atoms with E-state index in [0.29, 0.717) is 5.92 Å². The van der Waals surface area contributed by atoms with Crippen molar-refractivity contribution in [2.24, 2.45) is 0 Å². The van der Waals surface area contributed by atoms with E-state index < -0.39 is 5.97 Å². The molecule has 2 atom stereocenters. The van der Waals surface area contributed by atoms with Crippen molar-refractivity contribution in [3.63, 3.8) is 0 Å². The minimum Gasteiger partial charge on any atom is -0.481 e. The van der Waals surface area contributed by atoms with E-state index >= 15 is 0 Å². The van der Waals surface area contributed by atoms with Crippen molar-refractivity contribution in [3.05, 3.63) is 35.9 Å². The van der Waals surface area contributed by atoms with Crippen LogP contribution in [-0.2, 0) is 4.79 Å². The molecule has 88 valence electrons. The van der Waals surface area contributed by atoms with E-state index in [1.165, 1.54) is 5.56 Å². The van der Waals surface area contributed by atoms with Crippen LogP contribution in [0, 0.1) is 0 Å². The van der Waals surface area contributed by atoms with Gasteiger partial charge in [-0.2, -0.15) is 0 Å². The SMILES string of the molecule is Cl.O=C(O)C[C@H]1C[C@H](c2ccccc2)CN1. The molecule has 4 heteroatoms. The zero-order valence-corrected chi connectivity index (χ0v) is 9.74. The second kappa shape index (κ2) is 5.87. The maximum Gasteiger partial charge on any atom is 0.304 e. The van der Waals surface area contributed by atoms with Gasteiger partial charge in [-0.15, -0.1) is 12.4 Å². The van der Waals surface area contributed by atoms with E-state index in [9.17, 15) is 4.79 Å². The summed E-state index contributed by atoms with van der Waals surface area (Å²) in [5.74, 6) is -0.253. The van der Waals surface area contributed by atoms with Crippen LogP contribution in [-0.4, -0.2) is 23.7 Å². The number of carbonyl (C=O) groups is 1. The third kappa shape index (κ3) is 3.22. The topological polar surface area (TPSA) is 49.3 Å². The highest BCUT2D eigenvalue weighted by atomic mass is 35.5. The highest BCUT2D eigenvalue weighted by Gasteiger charge is 2.26. The molecule has 2 N–H and O–H groups in total. The minimum absolute atomic E-state index is 0. The van der Waals surface area contributed by atoms with Crippen molar-refractivity contribution in [1.82, 2.24) is 5.32 Å². The second-order valence-corrected chi connectivity index (χ2v) is 4.05. The molecule has 1 aliphatic rings. The largest absolute Gasteiger partial charge is 0.481 e. The monoisotopic (exact) mass is 241 g/mol. The van der Waals surface area contributed by atoms with Crippen LogP contribution in [0.2, 0.25) is 0 Å². The van der Waals surface area contributed by atoms with Crippen molar-refractivity contribution in [2.75, 3.05) is 6.54 Å². The summed E-state index contributed by atoms with van der Waals surface area (Å²) in [6.45, 7) is 0.891. The first kappa shape index (κ1) is 13.0. The van der Waals surface area contributed by atoms with E-state index in [1.54, 1.807) is 0 Å². The summed E-state index contributed by atoms with van der Waals surface area (Å²) in [6, 6.07) is 10.4. The van der Waals surface area contributed by atoms with E-state index in [0.717, 1.165) is 13.0 Å². The summed E-state index contributed by atoms with van der Waals surface area (Å²) in [5, 5.41) is 11.9. The van der Waals surface area contributed by atoms with E-state index in [2.05, 4.69) is 17.4 Å². The summed E-state index contributed by atoms with van der Waals surface area (Å²) in [6.07, 6.45) is 1.15. The van der Waals surface area contributed by atoms with Gasteiger partial charge in [0.2, 0.25) is 0 Å². The summed E-state index contributed by atoms with van der Waals surface area (Å²) < 4.78 is 0. The van der Waals surface area contributed by atoms with Crippen LogP contribution in [0.15, 0.2) is 30.3 Å². The Balaban J connectivity index is 0.00000128. The summed E-state index contributed by atoms with van der Waals surface area (Å²) in [5.41, 5.74) is 1.30. The number of hydrogen-bond donors (Lipinski definition) is 2. The molecule has 1 aromatic rings. The quantitative estimate of drug-likeness (QED) is 0.852. The van der Waals surface area contributed by atoms with Crippen LogP contribution >= 0.6 is 12.4 Å². The Morgan fingerprint density at radius 3 is 2.69 bits per heavy atom. The standard InChI is InChI=1S/C12H15NO2.ClH/c14-12(15)7-11-6-10(8-13-11)9-4-2-1-3-5-9;/h1-5,10-11,13H,6-8H2,(H,14,15);1H/t10-,11+;/m0./s1. The van der Waals surface area contributed by atoms with Gasteiger partial charge >= 0.3 is 5.97 Å². The van der Waals surface area contributed by atoms with Gasteiger partial charge in [0.05, 0.1) is 6.42 Å². The molecule has 1 fully saturated rings. The van der Waals surface area contributed by atoms with Crippen molar-refractivity contribution in [3.8, 4) is 0 Å². The molecule has 0 saturated carbocycles. The summed E-state index contributed by atoms with van der Waals surface area (Å²) in [7, 11) is 0. The zero-order valence-electron chi connectivity index (χ0n) is 8.93. The molecule has 0 radical (unpaired) electrons. The average Bonchev–Trinajstić information content (AvgIpc) is 2.67. The van der Waals surface area contributed by atoms with Crippen LogP contribution in [0.25, 0.3) is 0 Å². The molecule has 3 nitrogen and oxygen atoms in total. The number of benzene rings is 1. The maximum absolute atomic E-state index is 10.6. The molecule has 0 bridgehead atoms. The second-order valence-electron chi connectivity index (χ2n) is 4.05. The van der Waals surface area contributed by atoms with Gasteiger partial charge in [0, 0.05) is 12.6 Å². The molecule has 0 unspecified atom stereocenters. The van der Waals surface area contributed by atoms with Gasteiger partial charge in [-0.05, 0) is 17.9 Å². The highest BCUT2D eigenvalue weighted by Crippen LogP contribution is 2.26. The molecule has 0 aromatic heterocycles. The Labute approximate surface area is 101 Å². The Morgan fingerprint density at radius 2 is 2.06 bits per heavy atom. The van der Waals surface area contributed by atoms with Gasteiger partial charge in [0.1, 0.15) is 0 Å². The van der Waals surface area contributed by atoms with Crippen molar-refractivity contribution in [2.45, 2.75) is 24.8 Å². The predicted octanol–water partition coefficient (Wildman–Crippen LogP) is 2.03. The number of nitrogens with one attached hydrogen (secondary N) is 1.